The Bertz CT molecular complexity index is 669. The van der Waals surface area contributed by atoms with E-state index in [2.05, 4.69) is 20.5 Å². The molecule has 1 aromatic rings. The van der Waals surface area contributed by atoms with Gasteiger partial charge >= 0.3 is 0 Å². The lowest BCUT2D eigenvalue weighted by Crippen LogP contribution is -2.53. The first kappa shape index (κ1) is 22.0. The number of nitrogens with zero attached hydrogens (tertiary/aromatic N) is 3. The number of guanidine groups is 1. The molecule has 0 bridgehead atoms. The highest BCUT2D eigenvalue weighted by Crippen LogP contribution is 2.25. The van der Waals surface area contributed by atoms with E-state index in [0.29, 0.717) is 19.1 Å². The third kappa shape index (κ3) is 6.68. The normalized spacial score (nSPS) is 22.1. The van der Waals surface area contributed by atoms with Crippen molar-refractivity contribution in [2.24, 2.45) is 4.99 Å². The van der Waals surface area contributed by atoms with E-state index in [-0.39, 0.29) is 5.82 Å². The average molecular weight is 404 g/mol. The third-order valence-electron chi connectivity index (χ3n) is 6.17. The van der Waals surface area contributed by atoms with Crippen LogP contribution in [0.1, 0.15) is 56.1 Å². The Labute approximate surface area is 175 Å². The number of hydrogen-bond donors (Lipinski definition) is 2. The molecule has 162 valence electrons. The molecule has 0 radical (unpaired) electrons. The first-order valence-electron chi connectivity index (χ1n) is 11.2. The summed E-state index contributed by atoms with van der Waals surface area (Å²) in [6, 6.07) is 6.57. The first-order valence-corrected chi connectivity index (χ1v) is 11.2. The topological polar surface area (TPSA) is 42.9 Å². The molecule has 1 unspecified atom stereocenters. The predicted octanol–water partition coefficient (Wildman–Crippen LogP) is 3.35. The second kappa shape index (κ2) is 10.9. The van der Waals surface area contributed by atoms with Crippen LogP contribution >= 0.6 is 0 Å². The van der Waals surface area contributed by atoms with E-state index in [0.717, 1.165) is 29.7 Å². The van der Waals surface area contributed by atoms with Crippen molar-refractivity contribution in [2.45, 2.75) is 70.1 Å². The van der Waals surface area contributed by atoms with E-state index >= 15 is 0 Å². The second-order valence-electron chi connectivity index (χ2n) is 8.86. The van der Waals surface area contributed by atoms with Gasteiger partial charge in [-0.05, 0) is 64.0 Å². The summed E-state index contributed by atoms with van der Waals surface area (Å²) in [6.45, 7) is 3.58. The van der Waals surface area contributed by atoms with Crippen LogP contribution in [0.15, 0.2) is 23.2 Å². The van der Waals surface area contributed by atoms with Crippen molar-refractivity contribution in [3.05, 3.63) is 35.1 Å². The molecule has 5 nitrogen and oxygen atoms in total. The quantitative estimate of drug-likeness (QED) is 0.565. The minimum Gasteiger partial charge on any atom is -0.352 e. The number of rotatable bonds is 6. The number of likely N-dealkylation sites (tertiary alicyclic amines) is 1. The van der Waals surface area contributed by atoms with E-state index in [1.807, 2.05) is 38.2 Å². The summed E-state index contributed by atoms with van der Waals surface area (Å²) >= 11 is 0. The molecule has 2 N–H and O–H groups in total. The maximum Gasteiger partial charge on any atom is 0.191 e. The molecule has 0 aromatic heterocycles. The van der Waals surface area contributed by atoms with E-state index < -0.39 is 0 Å². The van der Waals surface area contributed by atoms with Crippen LogP contribution in [0.2, 0.25) is 0 Å². The molecule has 1 saturated heterocycles. The molecule has 1 saturated carbocycles. The lowest BCUT2D eigenvalue weighted by atomic mass is 9.92. The highest BCUT2D eigenvalue weighted by molar-refractivity contribution is 5.80. The van der Waals surface area contributed by atoms with Crippen LogP contribution in [0, 0.1) is 5.82 Å². The number of nitrogens with one attached hydrogen (secondary N) is 2. The fraction of sp³-hybridized carbons (Fsp3) is 0.696. The zero-order chi connectivity index (χ0) is 20.6. The van der Waals surface area contributed by atoms with E-state index in [4.69, 9.17) is 0 Å². The van der Waals surface area contributed by atoms with E-state index in [1.165, 1.54) is 51.5 Å². The van der Waals surface area contributed by atoms with Crippen molar-refractivity contribution in [3.8, 4) is 0 Å². The maximum atomic E-state index is 14.0. The van der Waals surface area contributed by atoms with Crippen LogP contribution in [0.25, 0.3) is 0 Å². The fourth-order valence-electron chi connectivity index (χ4n) is 4.68. The van der Waals surface area contributed by atoms with Gasteiger partial charge in [0, 0.05) is 44.3 Å². The molecule has 0 spiro atoms. The maximum absolute atomic E-state index is 14.0. The van der Waals surface area contributed by atoms with Crippen LogP contribution in [-0.4, -0.2) is 62.1 Å². The lowest BCUT2D eigenvalue weighted by Gasteiger charge is -2.40. The zero-order valence-corrected chi connectivity index (χ0v) is 18.4. The summed E-state index contributed by atoms with van der Waals surface area (Å²) in [5.74, 6) is 0.689. The van der Waals surface area contributed by atoms with Crippen molar-refractivity contribution >= 4 is 5.96 Å². The van der Waals surface area contributed by atoms with Gasteiger partial charge in [-0.25, -0.2) is 4.39 Å². The molecule has 3 rings (SSSR count). The monoisotopic (exact) mass is 403 g/mol. The SMILES string of the molecule is CN=C(NCc1ccc(F)c(CN(C)C)c1)NC1CCCN(C2CCCCC2)C1. The molecule has 1 aliphatic carbocycles. The van der Waals surface area contributed by atoms with Gasteiger partial charge in [-0.1, -0.05) is 25.3 Å². The van der Waals surface area contributed by atoms with Crippen molar-refractivity contribution in [3.63, 3.8) is 0 Å². The highest BCUT2D eigenvalue weighted by Gasteiger charge is 2.27. The standard InChI is InChI=1S/C23H38FN5/c1-25-23(26-15-18-11-12-22(24)19(14-18)16-28(2)3)27-20-8-7-13-29(17-20)21-9-5-4-6-10-21/h11-12,14,20-21H,4-10,13,15-17H2,1-3H3,(H2,25,26,27). The van der Waals surface area contributed by atoms with Crippen molar-refractivity contribution in [2.75, 3.05) is 34.2 Å². The van der Waals surface area contributed by atoms with Crippen molar-refractivity contribution in [1.82, 2.24) is 20.4 Å². The number of halogens is 1. The minimum absolute atomic E-state index is 0.144. The first-order chi connectivity index (χ1) is 14.0. The zero-order valence-electron chi connectivity index (χ0n) is 18.4. The van der Waals surface area contributed by atoms with Crippen LogP contribution < -0.4 is 10.6 Å². The van der Waals surface area contributed by atoms with Gasteiger partial charge in [0.25, 0.3) is 0 Å². The molecule has 2 aliphatic rings. The largest absolute Gasteiger partial charge is 0.352 e. The summed E-state index contributed by atoms with van der Waals surface area (Å²) in [7, 11) is 5.73. The Hall–Kier alpha value is -1.66. The van der Waals surface area contributed by atoms with E-state index in [1.54, 1.807) is 6.07 Å². The molecule has 0 amide bonds. The Morgan fingerprint density at radius 1 is 1.17 bits per heavy atom. The molecule has 2 fully saturated rings. The fourth-order valence-corrected chi connectivity index (χ4v) is 4.68. The Morgan fingerprint density at radius 3 is 2.69 bits per heavy atom. The predicted molar refractivity (Wildman–Crippen MR) is 119 cm³/mol. The van der Waals surface area contributed by atoms with Crippen LogP contribution in [0.5, 0.6) is 0 Å². The van der Waals surface area contributed by atoms with Gasteiger partial charge in [0.15, 0.2) is 5.96 Å². The van der Waals surface area contributed by atoms with Crippen molar-refractivity contribution in [1.29, 1.82) is 0 Å². The molecular formula is C23H38FN5. The molecule has 6 heteroatoms. The van der Waals surface area contributed by atoms with Gasteiger partial charge in [-0.2, -0.15) is 0 Å². The van der Waals surface area contributed by atoms with Gasteiger partial charge in [-0.15, -0.1) is 0 Å². The Morgan fingerprint density at radius 2 is 1.97 bits per heavy atom. The van der Waals surface area contributed by atoms with Gasteiger partial charge in [0.1, 0.15) is 5.82 Å². The number of hydrogen-bond acceptors (Lipinski definition) is 3. The van der Waals surface area contributed by atoms with Gasteiger partial charge in [-0.3, -0.25) is 9.89 Å². The van der Waals surface area contributed by atoms with Crippen LogP contribution in [0.4, 0.5) is 4.39 Å². The number of benzene rings is 1. The van der Waals surface area contributed by atoms with E-state index in [9.17, 15) is 4.39 Å². The van der Waals surface area contributed by atoms with Gasteiger partial charge < -0.3 is 15.5 Å². The molecule has 29 heavy (non-hydrogen) atoms. The third-order valence-corrected chi connectivity index (χ3v) is 6.17. The van der Waals surface area contributed by atoms with Crippen LogP contribution in [0.3, 0.4) is 0 Å². The molecule has 1 aliphatic heterocycles. The smallest absolute Gasteiger partial charge is 0.191 e. The number of aliphatic imine (C=N–C) groups is 1. The van der Waals surface area contributed by atoms with Gasteiger partial charge in [0.05, 0.1) is 0 Å². The summed E-state index contributed by atoms with van der Waals surface area (Å²) in [4.78, 5) is 9.10. The average Bonchev–Trinajstić information content (AvgIpc) is 2.73. The Kier molecular flexibility index (Phi) is 8.30. The summed E-state index contributed by atoms with van der Waals surface area (Å²) in [5, 5.41) is 7.03. The second-order valence-corrected chi connectivity index (χ2v) is 8.86. The summed E-state index contributed by atoms with van der Waals surface area (Å²) < 4.78 is 14.0. The van der Waals surface area contributed by atoms with Gasteiger partial charge in [0.2, 0.25) is 0 Å². The lowest BCUT2D eigenvalue weighted by molar-refractivity contribution is 0.115. The minimum atomic E-state index is -0.144. The molecule has 1 heterocycles. The number of piperidine rings is 1. The summed E-state index contributed by atoms with van der Waals surface area (Å²) in [6.07, 6.45) is 9.33. The van der Waals surface area contributed by atoms with Crippen molar-refractivity contribution < 1.29 is 4.39 Å². The van der Waals surface area contributed by atoms with Crippen LogP contribution in [-0.2, 0) is 13.1 Å². The highest BCUT2D eigenvalue weighted by atomic mass is 19.1. The molecule has 1 aromatic carbocycles. The summed E-state index contributed by atoms with van der Waals surface area (Å²) in [5.41, 5.74) is 1.80. The Balaban J connectivity index is 1.51. The molecule has 1 atom stereocenters. The molecular weight excluding hydrogens is 365 g/mol.